The van der Waals surface area contributed by atoms with E-state index in [0.717, 1.165) is 56.0 Å². The van der Waals surface area contributed by atoms with Crippen molar-refractivity contribution in [3.8, 4) is 11.1 Å². The van der Waals surface area contributed by atoms with Gasteiger partial charge in [-0.05, 0) is 48.2 Å². The molecule has 1 fully saturated rings. The molecule has 30 heavy (non-hydrogen) atoms. The molecule has 0 bridgehead atoms. The Labute approximate surface area is 178 Å². The third-order valence-corrected chi connectivity index (χ3v) is 5.75. The molecule has 0 unspecified atom stereocenters. The predicted molar refractivity (Wildman–Crippen MR) is 119 cm³/mol. The monoisotopic (exact) mass is 400 g/mol. The number of carbonyl (C=O) groups excluding carboxylic acids is 1. The topological polar surface area (TPSA) is 49.3 Å². The molecule has 0 saturated carbocycles. The highest BCUT2D eigenvalue weighted by Crippen LogP contribution is 2.22. The van der Waals surface area contributed by atoms with Crippen molar-refractivity contribution in [3.63, 3.8) is 0 Å². The first kappa shape index (κ1) is 20.2. The van der Waals surface area contributed by atoms with Crippen LogP contribution in [0.4, 0.5) is 0 Å². The fraction of sp³-hybridized carbons (Fsp3) is 0.320. The van der Waals surface area contributed by atoms with E-state index in [1.165, 1.54) is 5.56 Å². The molecule has 0 radical (unpaired) electrons. The first-order valence-corrected chi connectivity index (χ1v) is 10.6. The molecular formula is C25H28N4O. The number of carbonyl (C=O) groups is 1. The van der Waals surface area contributed by atoms with E-state index < -0.39 is 0 Å². The molecule has 154 valence electrons. The van der Waals surface area contributed by atoms with Gasteiger partial charge in [-0.2, -0.15) is 0 Å². The van der Waals surface area contributed by atoms with Gasteiger partial charge in [-0.3, -0.25) is 19.7 Å². The van der Waals surface area contributed by atoms with E-state index in [-0.39, 0.29) is 11.8 Å². The first-order valence-electron chi connectivity index (χ1n) is 10.6. The third kappa shape index (κ3) is 4.92. The minimum Gasteiger partial charge on any atom is -0.341 e. The van der Waals surface area contributed by atoms with Crippen LogP contribution in [0, 0.1) is 5.92 Å². The second kappa shape index (κ2) is 9.63. The number of aromatic nitrogens is 2. The molecule has 1 atom stereocenters. The average molecular weight is 401 g/mol. The van der Waals surface area contributed by atoms with Crippen LogP contribution in [-0.4, -0.2) is 51.9 Å². The zero-order valence-corrected chi connectivity index (χ0v) is 17.4. The van der Waals surface area contributed by atoms with Crippen molar-refractivity contribution in [1.82, 2.24) is 19.8 Å². The number of benzene rings is 1. The molecule has 1 aliphatic heterocycles. The molecule has 1 amide bonds. The highest BCUT2D eigenvalue weighted by atomic mass is 16.2. The fourth-order valence-corrected chi connectivity index (χ4v) is 4.09. The molecule has 5 nitrogen and oxygen atoms in total. The molecule has 4 rings (SSSR count). The summed E-state index contributed by atoms with van der Waals surface area (Å²) in [5, 5.41) is 0. The number of likely N-dealkylation sites (N-methyl/N-ethyl adjacent to an activating group) is 1. The zero-order chi connectivity index (χ0) is 20.8. The standard InChI is InChI=1S/C25H28N4O/c1-2-29-15-14-28(19-24-7-3-4-13-27-24)18-23(25(29)30)16-20-8-10-21(11-9-20)22-6-5-12-26-17-22/h3-13,17,23H,2,14-16,18-19H2,1H3/t23-/m1/s1. The van der Waals surface area contributed by atoms with E-state index >= 15 is 0 Å². The van der Waals surface area contributed by atoms with Gasteiger partial charge in [0.25, 0.3) is 0 Å². The summed E-state index contributed by atoms with van der Waals surface area (Å²) in [6, 6.07) is 18.5. The Balaban J connectivity index is 1.49. The molecular weight excluding hydrogens is 372 g/mol. The lowest BCUT2D eigenvalue weighted by atomic mass is 9.96. The number of hydrogen-bond acceptors (Lipinski definition) is 4. The van der Waals surface area contributed by atoms with Crippen molar-refractivity contribution in [2.45, 2.75) is 19.9 Å². The minimum absolute atomic E-state index is 0.0413. The number of pyridine rings is 2. The Bertz CT molecular complexity index is 944. The van der Waals surface area contributed by atoms with Crippen LogP contribution < -0.4 is 0 Å². The molecule has 0 spiro atoms. The van der Waals surface area contributed by atoms with E-state index in [1.54, 1.807) is 6.20 Å². The molecule has 1 aliphatic rings. The van der Waals surface area contributed by atoms with Crippen LogP contribution in [0.5, 0.6) is 0 Å². The number of hydrogen-bond donors (Lipinski definition) is 0. The Morgan fingerprint density at radius 2 is 1.83 bits per heavy atom. The van der Waals surface area contributed by atoms with E-state index in [9.17, 15) is 4.79 Å². The lowest BCUT2D eigenvalue weighted by Crippen LogP contribution is -2.37. The summed E-state index contributed by atoms with van der Waals surface area (Å²) in [5.41, 5.74) is 4.49. The van der Waals surface area contributed by atoms with Gasteiger partial charge in [-0.15, -0.1) is 0 Å². The van der Waals surface area contributed by atoms with Crippen molar-refractivity contribution in [1.29, 1.82) is 0 Å². The molecule has 0 aliphatic carbocycles. The SMILES string of the molecule is CCN1CCN(Cc2ccccn2)C[C@@H](Cc2ccc(-c3cccnc3)cc2)C1=O. The highest BCUT2D eigenvalue weighted by Gasteiger charge is 2.29. The quantitative estimate of drug-likeness (QED) is 0.634. The molecule has 3 heterocycles. The smallest absolute Gasteiger partial charge is 0.227 e. The van der Waals surface area contributed by atoms with Crippen molar-refractivity contribution in [2.75, 3.05) is 26.2 Å². The van der Waals surface area contributed by atoms with Gasteiger partial charge in [0, 0.05) is 51.3 Å². The fourth-order valence-electron chi connectivity index (χ4n) is 4.09. The van der Waals surface area contributed by atoms with Gasteiger partial charge < -0.3 is 4.90 Å². The van der Waals surface area contributed by atoms with Crippen LogP contribution >= 0.6 is 0 Å². The number of rotatable bonds is 6. The Kier molecular flexibility index (Phi) is 6.50. The van der Waals surface area contributed by atoms with E-state index in [2.05, 4.69) is 58.2 Å². The molecule has 0 N–H and O–H groups in total. The Morgan fingerprint density at radius 3 is 2.53 bits per heavy atom. The first-order chi connectivity index (χ1) is 14.7. The van der Waals surface area contributed by atoms with Gasteiger partial charge >= 0.3 is 0 Å². The maximum atomic E-state index is 13.1. The van der Waals surface area contributed by atoms with Crippen molar-refractivity contribution in [2.24, 2.45) is 5.92 Å². The second-order valence-corrected chi connectivity index (χ2v) is 7.81. The largest absolute Gasteiger partial charge is 0.341 e. The summed E-state index contributed by atoms with van der Waals surface area (Å²) >= 11 is 0. The van der Waals surface area contributed by atoms with Gasteiger partial charge in [-0.1, -0.05) is 36.4 Å². The summed E-state index contributed by atoms with van der Waals surface area (Å²) in [6.07, 6.45) is 6.24. The van der Waals surface area contributed by atoms with Gasteiger partial charge in [0.05, 0.1) is 11.6 Å². The Morgan fingerprint density at radius 1 is 0.967 bits per heavy atom. The van der Waals surface area contributed by atoms with Crippen molar-refractivity contribution >= 4 is 5.91 Å². The maximum absolute atomic E-state index is 13.1. The van der Waals surface area contributed by atoms with Gasteiger partial charge in [0.15, 0.2) is 0 Å². The van der Waals surface area contributed by atoms with E-state index in [0.29, 0.717) is 0 Å². The summed E-state index contributed by atoms with van der Waals surface area (Å²) in [4.78, 5) is 26.2. The van der Waals surface area contributed by atoms with Crippen LogP contribution in [0.3, 0.4) is 0 Å². The van der Waals surface area contributed by atoms with Crippen LogP contribution in [0.1, 0.15) is 18.2 Å². The van der Waals surface area contributed by atoms with E-state index in [4.69, 9.17) is 0 Å². The summed E-state index contributed by atoms with van der Waals surface area (Å²) in [5.74, 6) is 0.220. The van der Waals surface area contributed by atoms with Crippen LogP contribution in [0.25, 0.3) is 11.1 Å². The van der Waals surface area contributed by atoms with Crippen molar-refractivity contribution < 1.29 is 4.79 Å². The van der Waals surface area contributed by atoms with Crippen molar-refractivity contribution in [3.05, 3.63) is 84.4 Å². The summed E-state index contributed by atoms with van der Waals surface area (Å²) in [7, 11) is 0. The molecule has 5 heteroatoms. The molecule has 1 saturated heterocycles. The predicted octanol–water partition coefficient (Wildman–Crippen LogP) is 3.67. The Hall–Kier alpha value is -3.05. The lowest BCUT2D eigenvalue weighted by molar-refractivity contribution is -0.134. The van der Waals surface area contributed by atoms with Gasteiger partial charge in [0.2, 0.25) is 5.91 Å². The number of amides is 1. The highest BCUT2D eigenvalue weighted by molar-refractivity contribution is 5.79. The lowest BCUT2D eigenvalue weighted by Gasteiger charge is -2.23. The van der Waals surface area contributed by atoms with E-state index in [1.807, 2.05) is 35.5 Å². The molecule has 1 aromatic carbocycles. The average Bonchev–Trinajstić information content (AvgIpc) is 2.94. The third-order valence-electron chi connectivity index (χ3n) is 5.75. The maximum Gasteiger partial charge on any atom is 0.227 e. The van der Waals surface area contributed by atoms with Crippen LogP contribution in [0.2, 0.25) is 0 Å². The normalized spacial score (nSPS) is 17.7. The van der Waals surface area contributed by atoms with Gasteiger partial charge in [-0.25, -0.2) is 0 Å². The minimum atomic E-state index is -0.0413. The summed E-state index contributed by atoms with van der Waals surface area (Å²) in [6.45, 7) is 6.02. The van der Waals surface area contributed by atoms with Gasteiger partial charge in [0.1, 0.15) is 0 Å². The van der Waals surface area contributed by atoms with Crippen LogP contribution in [0.15, 0.2) is 73.2 Å². The summed E-state index contributed by atoms with van der Waals surface area (Å²) < 4.78 is 0. The number of nitrogens with zero attached hydrogens (tertiary/aromatic N) is 4. The van der Waals surface area contributed by atoms with Crippen LogP contribution in [-0.2, 0) is 17.8 Å². The second-order valence-electron chi connectivity index (χ2n) is 7.81. The zero-order valence-electron chi connectivity index (χ0n) is 17.4. The molecule has 3 aromatic rings. The molecule has 2 aromatic heterocycles.